The van der Waals surface area contributed by atoms with Crippen LogP contribution in [0.15, 0.2) is 38.4 Å². The van der Waals surface area contributed by atoms with E-state index in [0.29, 0.717) is 11.6 Å². The van der Waals surface area contributed by atoms with Gasteiger partial charge in [-0.25, -0.2) is 0 Å². The molecule has 4 nitrogen and oxygen atoms in total. The Kier molecular flexibility index (Phi) is 4.68. The van der Waals surface area contributed by atoms with Gasteiger partial charge in [-0.2, -0.15) is 4.98 Å². The van der Waals surface area contributed by atoms with Gasteiger partial charge < -0.3 is 10.1 Å². The molecule has 0 atom stereocenters. The minimum absolute atomic E-state index is 0.212. The molecule has 0 aliphatic carbocycles. The van der Waals surface area contributed by atoms with Crippen LogP contribution in [0.1, 0.15) is 5.82 Å². The van der Waals surface area contributed by atoms with Gasteiger partial charge in [0.15, 0.2) is 0 Å². The zero-order chi connectivity index (χ0) is 13.1. The van der Waals surface area contributed by atoms with Crippen molar-refractivity contribution < 1.29 is 5.11 Å². The van der Waals surface area contributed by atoms with E-state index in [9.17, 15) is 9.90 Å². The number of halogens is 2. The number of rotatable bonds is 3. The lowest BCUT2D eigenvalue weighted by Crippen LogP contribution is -2.13. The number of nitrogens with one attached hydrogen (secondary N) is 1. The van der Waals surface area contributed by atoms with Crippen LogP contribution >= 0.6 is 50.3 Å². The molecule has 2 rings (SSSR count). The molecule has 94 valence electrons. The molecule has 7 heteroatoms. The topological polar surface area (TPSA) is 66.0 Å². The monoisotopic (exact) mass is 438 g/mol. The molecule has 0 radical (unpaired) electrons. The highest BCUT2D eigenvalue weighted by Crippen LogP contribution is 2.24. The van der Waals surface area contributed by atoms with Crippen molar-refractivity contribution in [2.24, 2.45) is 0 Å². The van der Waals surface area contributed by atoms with Gasteiger partial charge in [-0.15, -0.1) is 11.8 Å². The molecule has 0 bridgehead atoms. The average Bonchev–Trinajstić information content (AvgIpc) is 2.33. The third-order valence-corrected chi connectivity index (χ3v) is 4.54. The molecular formula is C11H8BrIN2O2S. The molecule has 0 fully saturated rings. The Hall–Kier alpha value is -0.540. The van der Waals surface area contributed by atoms with Crippen LogP contribution in [0.3, 0.4) is 0 Å². The lowest BCUT2D eigenvalue weighted by Gasteiger charge is -2.03. The van der Waals surface area contributed by atoms with E-state index < -0.39 is 0 Å². The summed E-state index contributed by atoms with van der Waals surface area (Å²) in [5.41, 5.74) is -0.312. The summed E-state index contributed by atoms with van der Waals surface area (Å²) in [7, 11) is 0. The van der Waals surface area contributed by atoms with Gasteiger partial charge in [0.2, 0.25) is 5.88 Å². The van der Waals surface area contributed by atoms with Crippen molar-refractivity contribution in [3.8, 4) is 5.88 Å². The number of H-pyrrole nitrogens is 1. The van der Waals surface area contributed by atoms with Crippen LogP contribution in [0.5, 0.6) is 5.88 Å². The Labute approximate surface area is 130 Å². The summed E-state index contributed by atoms with van der Waals surface area (Å²) in [5.74, 6) is 0.739. The van der Waals surface area contributed by atoms with Crippen LogP contribution in [0.25, 0.3) is 0 Å². The highest BCUT2D eigenvalue weighted by molar-refractivity contribution is 14.1. The summed E-state index contributed by atoms with van der Waals surface area (Å²) < 4.78 is 1.21. The van der Waals surface area contributed by atoms with E-state index in [2.05, 4.69) is 25.9 Å². The number of benzene rings is 1. The fraction of sp³-hybridized carbons (Fsp3) is 0.0909. The second kappa shape index (κ2) is 6.07. The molecule has 0 saturated carbocycles. The van der Waals surface area contributed by atoms with E-state index in [1.54, 1.807) is 22.6 Å². The van der Waals surface area contributed by atoms with Crippen molar-refractivity contribution in [2.75, 3.05) is 0 Å². The van der Waals surface area contributed by atoms with Gasteiger partial charge in [-0.3, -0.25) is 4.79 Å². The average molecular weight is 439 g/mol. The Morgan fingerprint density at radius 3 is 2.94 bits per heavy atom. The fourth-order valence-corrected chi connectivity index (χ4v) is 2.90. The molecule has 0 spiro atoms. The largest absolute Gasteiger partial charge is 0.492 e. The van der Waals surface area contributed by atoms with E-state index in [1.807, 2.05) is 24.3 Å². The number of hydrogen-bond donors (Lipinski definition) is 2. The van der Waals surface area contributed by atoms with Crippen LogP contribution in [0, 0.1) is 3.57 Å². The highest BCUT2D eigenvalue weighted by atomic mass is 127. The predicted molar refractivity (Wildman–Crippen MR) is 82.9 cm³/mol. The second-order valence-electron chi connectivity index (χ2n) is 3.40. The highest BCUT2D eigenvalue weighted by Gasteiger charge is 2.07. The minimum Gasteiger partial charge on any atom is -0.492 e. The molecule has 0 unspecified atom stereocenters. The summed E-state index contributed by atoms with van der Waals surface area (Å²) >= 11 is 6.69. The summed E-state index contributed by atoms with van der Waals surface area (Å²) in [4.78, 5) is 19.1. The van der Waals surface area contributed by atoms with E-state index in [4.69, 9.17) is 0 Å². The van der Waals surface area contributed by atoms with Gasteiger partial charge in [0.05, 0.1) is 5.75 Å². The van der Waals surface area contributed by atoms with Gasteiger partial charge in [0.25, 0.3) is 5.56 Å². The first kappa shape index (κ1) is 13.9. The minimum atomic E-state index is -0.312. The number of hydrogen-bond acceptors (Lipinski definition) is 4. The molecule has 1 heterocycles. The Morgan fingerprint density at radius 2 is 2.28 bits per heavy atom. The Morgan fingerprint density at radius 1 is 1.50 bits per heavy atom. The molecule has 0 saturated heterocycles. The maximum absolute atomic E-state index is 11.4. The maximum atomic E-state index is 11.4. The summed E-state index contributed by atoms with van der Waals surface area (Å²) in [6, 6.07) is 7.84. The van der Waals surface area contributed by atoms with Gasteiger partial charge in [-0.05, 0) is 40.8 Å². The Balaban J connectivity index is 2.14. The molecule has 2 N–H and O–H groups in total. The van der Waals surface area contributed by atoms with Gasteiger partial charge >= 0.3 is 0 Å². The van der Waals surface area contributed by atoms with E-state index in [-0.39, 0.29) is 15.0 Å². The number of thioether (sulfide) groups is 1. The SMILES string of the molecule is O=c1[nH]c(CSc2cccc(Br)c2)nc(O)c1I. The molecule has 0 aliphatic heterocycles. The Bertz CT molecular complexity index is 633. The van der Waals surface area contributed by atoms with E-state index >= 15 is 0 Å². The van der Waals surface area contributed by atoms with Crippen LogP contribution in [-0.4, -0.2) is 15.1 Å². The second-order valence-corrected chi connectivity index (χ2v) is 6.44. The molecular weight excluding hydrogens is 431 g/mol. The summed E-state index contributed by atoms with van der Waals surface area (Å²) in [5, 5.41) is 9.47. The van der Waals surface area contributed by atoms with Crippen molar-refractivity contribution in [3.63, 3.8) is 0 Å². The first-order valence-corrected chi connectivity index (χ1v) is 7.78. The van der Waals surface area contributed by atoms with Crippen molar-refractivity contribution in [2.45, 2.75) is 10.6 Å². The van der Waals surface area contributed by atoms with Crippen LogP contribution in [0.4, 0.5) is 0 Å². The third-order valence-electron chi connectivity index (χ3n) is 2.07. The third kappa shape index (κ3) is 3.48. The quantitative estimate of drug-likeness (QED) is 0.570. The summed E-state index contributed by atoms with van der Waals surface area (Å²) in [6.45, 7) is 0. The zero-order valence-electron chi connectivity index (χ0n) is 8.98. The molecule has 18 heavy (non-hydrogen) atoms. The van der Waals surface area contributed by atoms with Crippen LogP contribution < -0.4 is 5.56 Å². The van der Waals surface area contributed by atoms with Crippen molar-refractivity contribution in [1.29, 1.82) is 0 Å². The predicted octanol–water partition coefficient (Wildman–Crippen LogP) is 3.13. The summed E-state index contributed by atoms with van der Waals surface area (Å²) in [6.07, 6.45) is 0. The number of aromatic amines is 1. The van der Waals surface area contributed by atoms with Gasteiger partial charge in [0.1, 0.15) is 9.39 Å². The standard InChI is InChI=1S/C11H8BrIN2O2S/c12-6-2-1-3-7(4-6)18-5-8-14-10(16)9(13)11(17)15-8/h1-4H,5H2,(H2,14,15,16,17). The molecule has 1 aromatic heterocycles. The lowest BCUT2D eigenvalue weighted by atomic mass is 10.4. The molecule has 1 aromatic carbocycles. The lowest BCUT2D eigenvalue weighted by molar-refractivity contribution is 0.444. The normalized spacial score (nSPS) is 10.6. The van der Waals surface area contributed by atoms with Gasteiger partial charge in [-0.1, -0.05) is 22.0 Å². The van der Waals surface area contributed by atoms with E-state index in [0.717, 1.165) is 9.37 Å². The molecule has 0 amide bonds. The van der Waals surface area contributed by atoms with Crippen LogP contribution in [0.2, 0.25) is 0 Å². The smallest absolute Gasteiger partial charge is 0.268 e. The van der Waals surface area contributed by atoms with Crippen LogP contribution in [-0.2, 0) is 5.75 Å². The zero-order valence-corrected chi connectivity index (χ0v) is 13.5. The van der Waals surface area contributed by atoms with Gasteiger partial charge in [0, 0.05) is 9.37 Å². The first-order chi connectivity index (χ1) is 8.56. The fourth-order valence-electron chi connectivity index (χ4n) is 1.27. The van der Waals surface area contributed by atoms with Crippen molar-refractivity contribution >= 4 is 50.3 Å². The molecule has 2 aromatic rings. The number of aromatic hydroxyl groups is 1. The van der Waals surface area contributed by atoms with Crippen molar-refractivity contribution in [3.05, 3.63) is 48.5 Å². The molecule has 0 aliphatic rings. The number of nitrogens with zero attached hydrogens (tertiary/aromatic N) is 1. The first-order valence-electron chi connectivity index (χ1n) is 4.92. The van der Waals surface area contributed by atoms with Crippen molar-refractivity contribution in [1.82, 2.24) is 9.97 Å². The number of aromatic nitrogens is 2. The maximum Gasteiger partial charge on any atom is 0.268 e. The van der Waals surface area contributed by atoms with E-state index in [1.165, 1.54) is 11.8 Å².